The zero-order valence-electron chi connectivity index (χ0n) is 11.7. The van der Waals surface area contributed by atoms with Gasteiger partial charge in [0.1, 0.15) is 0 Å². The van der Waals surface area contributed by atoms with Gasteiger partial charge in [-0.15, -0.1) is 11.3 Å². The van der Waals surface area contributed by atoms with Crippen molar-refractivity contribution in [2.75, 3.05) is 19.7 Å². The van der Waals surface area contributed by atoms with Gasteiger partial charge in [-0.05, 0) is 17.7 Å². The third kappa shape index (κ3) is 2.66. The largest absolute Gasteiger partial charge is 0.371 e. The van der Waals surface area contributed by atoms with E-state index in [2.05, 4.69) is 44.3 Å². The van der Waals surface area contributed by atoms with Crippen LogP contribution in [0.1, 0.15) is 37.4 Å². The zero-order valence-corrected chi connectivity index (χ0v) is 12.5. The lowest BCUT2D eigenvalue weighted by molar-refractivity contribution is 0.0278. The Morgan fingerprint density at radius 1 is 1.37 bits per heavy atom. The van der Waals surface area contributed by atoms with Crippen molar-refractivity contribution in [3.8, 4) is 0 Å². The molecule has 4 heteroatoms. The smallest absolute Gasteiger partial charge is 0.0992 e. The summed E-state index contributed by atoms with van der Waals surface area (Å²) in [5, 5.41) is 4.57. The molecule has 1 fully saturated rings. The fraction of sp³-hybridized carbons (Fsp3) is 0.533. The van der Waals surface area contributed by atoms with E-state index >= 15 is 0 Å². The van der Waals surface area contributed by atoms with Crippen molar-refractivity contribution in [1.82, 2.24) is 10.3 Å². The summed E-state index contributed by atoms with van der Waals surface area (Å²) in [5.74, 6) is 0. The number of benzene rings is 1. The van der Waals surface area contributed by atoms with Crippen LogP contribution in [-0.2, 0) is 10.2 Å². The summed E-state index contributed by atoms with van der Waals surface area (Å²) in [7, 11) is 0. The summed E-state index contributed by atoms with van der Waals surface area (Å²) < 4.78 is 7.07. The molecule has 1 atom stereocenters. The van der Waals surface area contributed by atoms with E-state index < -0.39 is 0 Å². The number of hydrogen-bond acceptors (Lipinski definition) is 4. The highest BCUT2D eigenvalue weighted by molar-refractivity contribution is 7.18. The van der Waals surface area contributed by atoms with Crippen molar-refractivity contribution in [2.45, 2.75) is 32.3 Å². The van der Waals surface area contributed by atoms with Gasteiger partial charge in [0.15, 0.2) is 0 Å². The fourth-order valence-corrected chi connectivity index (χ4v) is 3.31. The van der Waals surface area contributed by atoms with Crippen LogP contribution in [0.2, 0.25) is 0 Å². The Bertz CT molecular complexity index is 579. The molecule has 3 rings (SSSR count). The molecule has 0 saturated carbocycles. The maximum atomic E-state index is 5.81. The number of thiazole rings is 1. The lowest BCUT2D eigenvalue weighted by Crippen LogP contribution is -2.33. The SMILES string of the molecule is CC(C)(C)c1nc2ccc(C3CNCCO3)cc2s1. The second-order valence-corrected chi connectivity index (χ2v) is 7.09. The number of rotatable bonds is 1. The first-order valence-electron chi connectivity index (χ1n) is 6.77. The van der Waals surface area contributed by atoms with Crippen LogP contribution < -0.4 is 5.32 Å². The van der Waals surface area contributed by atoms with Gasteiger partial charge in [-0.2, -0.15) is 0 Å². The molecule has 0 spiro atoms. The van der Waals surface area contributed by atoms with Gasteiger partial charge in [-0.3, -0.25) is 0 Å². The summed E-state index contributed by atoms with van der Waals surface area (Å²) in [6.45, 7) is 9.27. The average molecular weight is 276 g/mol. The molecule has 1 aliphatic rings. The fourth-order valence-electron chi connectivity index (χ4n) is 2.24. The number of aromatic nitrogens is 1. The van der Waals surface area contributed by atoms with Crippen LogP contribution in [0, 0.1) is 0 Å². The number of hydrogen-bond donors (Lipinski definition) is 1. The van der Waals surface area contributed by atoms with Crippen molar-refractivity contribution < 1.29 is 4.74 Å². The van der Waals surface area contributed by atoms with E-state index in [9.17, 15) is 0 Å². The Hall–Kier alpha value is -0.970. The number of nitrogens with zero attached hydrogens (tertiary/aromatic N) is 1. The predicted octanol–water partition coefficient (Wildman–Crippen LogP) is 3.25. The first-order chi connectivity index (χ1) is 9.04. The monoisotopic (exact) mass is 276 g/mol. The van der Waals surface area contributed by atoms with E-state index in [1.807, 2.05) is 0 Å². The van der Waals surface area contributed by atoms with Gasteiger partial charge in [0.05, 0.1) is 27.9 Å². The van der Waals surface area contributed by atoms with Crippen LogP contribution in [0.4, 0.5) is 0 Å². The van der Waals surface area contributed by atoms with Crippen LogP contribution >= 0.6 is 11.3 Å². The minimum Gasteiger partial charge on any atom is -0.371 e. The zero-order chi connectivity index (χ0) is 13.5. The minimum absolute atomic E-state index is 0.118. The van der Waals surface area contributed by atoms with Crippen LogP contribution in [0.3, 0.4) is 0 Å². The highest BCUT2D eigenvalue weighted by Gasteiger charge is 2.20. The summed E-state index contributed by atoms with van der Waals surface area (Å²) in [5.41, 5.74) is 2.47. The van der Waals surface area contributed by atoms with Gasteiger partial charge in [0, 0.05) is 18.5 Å². The molecule has 1 unspecified atom stereocenters. The first kappa shape index (κ1) is 13.0. The maximum Gasteiger partial charge on any atom is 0.0992 e. The Morgan fingerprint density at radius 3 is 2.89 bits per heavy atom. The molecule has 1 aliphatic heterocycles. The normalized spacial score (nSPS) is 20.9. The Balaban J connectivity index is 1.96. The van der Waals surface area contributed by atoms with E-state index in [4.69, 9.17) is 9.72 Å². The Labute approximate surface area is 118 Å². The van der Waals surface area contributed by atoms with Gasteiger partial charge < -0.3 is 10.1 Å². The third-order valence-electron chi connectivity index (χ3n) is 3.35. The second kappa shape index (κ2) is 4.85. The highest BCUT2D eigenvalue weighted by atomic mass is 32.1. The summed E-state index contributed by atoms with van der Waals surface area (Å²) in [6.07, 6.45) is 0.179. The van der Waals surface area contributed by atoms with Crippen molar-refractivity contribution in [3.63, 3.8) is 0 Å². The molecule has 1 aromatic heterocycles. The Morgan fingerprint density at radius 2 is 2.21 bits per heavy atom. The second-order valence-electron chi connectivity index (χ2n) is 6.06. The maximum absolute atomic E-state index is 5.81. The quantitative estimate of drug-likeness (QED) is 0.868. The van der Waals surface area contributed by atoms with Crippen LogP contribution in [0.15, 0.2) is 18.2 Å². The van der Waals surface area contributed by atoms with E-state index in [1.54, 1.807) is 11.3 Å². The first-order valence-corrected chi connectivity index (χ1v) is 7.59. The van der Waals surface area contributed by atoms with E-state index in [0.717, 1.165) is 25.2 Å². The molecule has 0 aliphatic carbocycles. The van der Waals surface area contributed by atoms with Crippen molar-refractivity contribution >= 4 is 21.6 Å². The molecular weight excluding hydrogens is 256 g/mol. The summed E-state index contributed by atoms with van der Waals surface area (Å²) in [4.78, 5) is 4.73. The Kier molecular flexibility index (Phi) is 3.33. The molecular formula is C15H20N2OS. The molecule has 1 saturated heterocycles. The molecule has 0 radical (unpaired) electrons. The van der Waals surface area contributed by atoms with E-state index in [-0.39, 0.29) is 11.5 Å². The molecule has 3 nitrogen and oxygen atoms in total. The van der Waals surface area contributed by atoms with Crippen LogP contribution in [-0.4, -0.2) is 24.7 Å². The van der Waals surface area contributed by atoms with Gasteiger partial charge >= 0.3 is 0 Å². The lowest BCUT2D eigenvalue weighted by atomic mass is 9.98. The number of morpholine rings is 1. The molecule has 0 bridgehead atoms. The molecule has 2 aromatic rings. The van der Waals surface area contributed by atoms with Crippen molar-refractivity contribution in [3.05, 3.63) is 28.8 Å². The molecule has 19 heavy (non-hydrogen) atoms. The average Bonchev–Trinajstić information content (AvgIpc) is 2.82. The highest BCUT2D eigenvalue weighted by Crippen LogP contribution is 2.33. The van der Waals surface area contributed by atoms with Gasteiger partial charge in [-0.1, -0.05) is 26.8 Å². The van der Waals surface area contributed by atoms with Gasteiger partial charge in [0.2, 0.25) is 0 Å². The van der Waals surface area contributed by atoms with Crippen molar-refractivity contribution in [2.24, 2.45) is 0 Å². The number of nitrogens with one attached hydrogen (secondary N) is 1. The van der Waals surface area contributed by atoms with E-state index in [1.165, 1.54) is 15.3 Å². The minimum atomic E-state index is 0.118. The molecule has 102 valence electrons. The van der Waals surface area contributed by atoms with Crippen molar-refractivity contribution in [1.29, 1.82) is 0 Å². The third-order valence-corrected chi connectivity index (χ3v) is 4.80. The topological polar surface area (TPSA) is 34.2 Å². The summed E-state index contributed by atoms with van der Waals surface area (Å²) >= 11 is 1.80. The van der Waals surface area contributed by atoms with E-state index in [0.29, 0.717) is 0 Å². The molecule has 1 aromatic carbocycles. The van der Waals surface area contributed by atoms with Gasteiger partial charge in [-0.25, -0.2) is 4.98 Å². The lowest BCUT2D eigenvalue weighted by Gasteiger charge is -2.23. The molecule has 2 heterocycles. The van der Waals surface area contributed by atoms with Crippen LogP contribution in [0.5, 0.6) is 0 Å². The number of ether oxygens (including phenoxy) is 1. The molecule has 0 amide bonds. The standard InChI is InChI=1S/C15H20N2OS/c1-15(2,3)14-17-11-5-4-10(8-13(11)19-14)12-9-16-6-7-18-12/h4-5,8,12,16H,6-7,9H2,1-3H3. The molecule has 1 N–H and O–H groups in total. The number of fused-ring (bicyclic) bond motifs is 1. The summed E-state index contributed by atoms with van der Waals surface area (Å²) in [6, 6.07) is 6.50. The predicted molar refractivity (Wildman–Crippen MR) is 79.9 cm³/mol. The van der Waals surface area contributed by atoms with Gasteiger partial charge in [0.25, 0.3) is 0 Å². The van der Waals surface area contributed by atoms with Crippen LogP contribution in [0.25, 0.3) is 10.2 Å².